The summed E-state index contributed by atoms with van der Waals surface area (Å²) in [7, 11) is 1.86. The lowest BCUT2D eigenvalue weighted by Gasteiger charge is -2.04. The van der Waals surface area contributed by atoms with Crippen molar-refractivity contribution in [3.8, 4) is 17.2 Å². The lowest BCUT2D eigenvalue weighted by Crippen LogP contribution is -2.08. The Hall–Kier alpha value is -2.31. The van der Waals surface area contributed by atoms with Crippen molar-refractivity contribution < 1.29 is 0 Å². The van der Waals surface area contributed by atoms with Gasteiger partial charge in [-0.1, -0.05) is 41.9 Å². The highest BCUT2D eigenvalue weighted by Gasteiger charge is 2.09. The highest BCUT2D eigenvalue weighted by molar-refractivity contribution is 6.31. The average molecular weight is 301 g/mol. The topological polar surface area (TPSA) is 68.5 Å². The van der Waals surface area contributed by atoms with Crippen molar-refractivity contribution in [2.45, 2.75) is 6.54 Å². The van der Waals surface area contributed by atoms with Crippen LogP contribution in [0.15, 0.2) is 42.6 Å². The number of hydrogen-bond donors (Lipinski definition) is 1. The van der Waals surface area contributed by atoms with Gasteiger partial charge in [-0.05, 0) is 23.9 Å². The monoisotopic (exact) mass is 300 g/mol. The molecular formula is C14H13ClN6. The Labute approximate surface area is 126 Å². The molecule has 2 aromatic heterocycles. The van der Waals surface area contributed by atoms with Crippen LogP contribution >= 0.6 is 11.6 Å². The van der Waals surface area contributed by atoms with Crippen molar-refractivity contribution >= 4 is 11.6 Å². The van der Waals surface area contributed by atoms with Crippen molar-refractivity contribution in [3.63, 3.8) is 0 Å². The van der Waals surface area contributed by atoms with Crippen molar-refractivity contribution in [2.24, 2.45) is 0 Å². The number of benzene rings is 1. The number of pyridine rings is 1. The van der Waals surface area contributed by atoms with Crippen LogP contribution in [0.2, 0.25) is 5.02 Å². The Morgan fingerprint density at radius 2 is 2.05 bits per heavy atom. The molecule has 0 aliphatic rings. The number of rotatable bonds is 4. The first kappa shape index (κ1) is 13.7. The van der Waals surface area contributed by atoms with Crippen molar-refractivity contribution in [1.82, 2.24) is 30.5 Å². The van der Waals surface area contributed by atoms with Gasteiger partial charge in [-0.2, -0.15) is 0 Å². The standard InChI is InChI=1S/C14H13ClN6/c1-16-8-11-7-13(17-9-12(11)15)21-19-14(18-20-21)10-5-3-2-4-6-10/h2-7,9,16H,8H2,1H3. The maximum absolute atomic E-state index is 6.10. The Bertz CT molecular complexity index is 740. The molecular weight excluding hydrogens is 288 g/mol. The van der Waals surface area contributed by atoms with Crippen molar-refractivity contribution in [3.05, 3.63) is 53.2 Å². The van der Waals surface area contributed by atoms with E-state index in [-0.39, 0.29) is 0 Å². The fourth-order valence-corrected chi connectivity index (χ4v) is 2.09. The van der Waals surface area contributed by atoms with E-state index in [9.17, 15) is 0 Å². The van der Waals surface area contributed by atoms with Crippen LogP contribution in [0.4, 0.5) is 0 Å². The van der Waals surface area contributed by atoms with E-state index in [0.29, 0.717) is 23.2 Å². The number of tetrazole rings is 1. The molecule has 6 nitrogen and oxygen atoms in total. The molecule has 1 aromatic carbocycles. The molecule has 7 heteroatoms. The summed E-state index contributed by atoms with van der Waals surface area (Å²) in [5.41, 5.74) is 1.84. The second-order valence-corrected chi connectivity index (χ2v) is 4.84. The predicted molar refractivity (Wildman–Crippen MR) is 80.2 cm³/mol. The maximum Gasteiger partial charge on any atom is 0.205 e. The summed E-state index contributed by atoms with van der Waals surface area (Å²) < 4.78 is 0. The lowest BCUT2D eigenvalue weighted by atomic mass is 10.2. The third-order valence-electron chi connectivity index (χ3n) is 2.94. The summed E-state index contributed by atoms with van der Waals surface area (Å²) >= 11 is 6.10. The zero-order chi connectivity index (χ0) is 14.7. The number of hydrogen-bond acceptors (Lipinski definition) is 5. The molecule has 0 saturated heterocycles. The Morgan fingerprint density at radius 3 is 2.81 bits per heavy atom. The SMILES string of the molecule is CNCc1cc(-n2nnc(-c3ccccc3)n2)ncc1Cl. The summed E-state index contributed by atoms with van der Waals surface area (Å²) in [5, 5.41) is 16.1. The van der Waals surface area contributed by atoms with Crippen molar-refractivity contribution in [2.75, 3.05) is 7.05 Å². The Morgan fingerprint density at radius 1 is 1.24 bits per heavy atom. The second-order valence-electron chi connectivity index (χ2n) is 4.43. The van der Waals surface area contributed by atoms with Crippen LogP contribution in [0, 0.1) is 0 Å². The summed E-state index contributed by atoms with van der Waals surface area (Å²) in [6.45, 7) is 0.647. The zero-order valence-electron chi connectivity index (χ0n) is 11.4. The summed E-state index contributed by atoms with van der Waals surface area (Å²) in [5.74, 6) is 1.14. The molecule has 21 heavy (non-hydrogen) atoms. The van der Waals surface area contributed by atoms with Gasteiger partial charge in [0.15, 0.2) is 5.82 Å². The van der Waals surface area contributed by atoms with Crippen molar-refractivity contribution in [1.29, 1.82) is 0 Å². The average Bonchev–Trinajstić information content (AvgIpc) is 3.00. The summed E-state index contributed by atoms with van der Waals surface area (Å²) in [6, 6.07) is 11.5. The molecule has 0 atom stereocenters. The van der Waals surface area contributed by atoms with E-state index in [1.54, 1.807) is 6.20 Å². The molecule has 0 unspecified atom stereocenters. The Balaban J connectivity index is 1.95. The van der Waals surface area contributed by atoms with Crippen LogP contribution in [0.3, 0.4) is 0 Å². The number of aromatic nitrogens is 5. The molecule has 0 fully saturated rings. The van der Waals surface area contributed by atoms with Crippen LogP contribution < -0.4 is 5.32 Å². The third-order valence-corrected chi connectivity index (χ3v) is 3.28. The van der Waals surface area contributed by atoms with Gasteiger partial charge in [0.05, 0.1) is 5.02 Å². The first-order valence-electron chi connectivity index (χ1n) is 6.43. The van der Waals surface area contributed by atoms with Gasteiger partial charge >= 0.3 is 0 Å². The molecule has 106 valence electrons. The molecule has 0 amide bonds. The molecule has 0 aliphatic carbocycles. The zero-order valence-corrected chi connectivity index (χ0v) is 12.1. The fourth-order valence-electron chi connectivity index (χ4n) is 1.92. The minimum absolute atomic E-state index is 0.558. The normalized spacial score (nSPS) is 10.8. The van der Waals surface area contributed by atoms with E-state index in [0.717, 1.165) is 11.1 Å². The third kappa shape index (κ3) is 2.91. The largest absolute Gasteiger partial charge is 0.316 e. The molecule has 0 saturated carbocycles. The van der Waals surface area contributed by atoms with Gasteiger partial charge in [-0.15, -0.1) is 15.0 Å². The van der Waals surface area contributed by atoms with E-state index < -0.39 is 0 Å². The van der Waals surface area contributed by atoms with E-state index in [1.807, 2.05) is 43.4 Å². The van der Waals surface area contributed by atoms with E-state index in [1.165, 1.54) is 4.80 Å². The number of nitrogens with one attached hydrogen (secondary N) is 1. The molecule has 3 aromatic rings. The maximum atomic E-state index is 6.10. The minimum Gasteiger partial charge on any atom is -0.316 e. The first-order chi connectivity index (χ1) is 10.3. The second kappa shape index (κ2) is 5.99. The van der Waals surface area contributed by atoms with Gasteiger partial charge in [0, 0.05) is 18.3 Å². The van der Waals surface area contributed by atoms with Gasteiger partial charge in [0.1, 0.15) is 0 Å². The van der Waals surface area contributed by atoms with Gasteiger partial charge in [0.25, 0.3) is 0 Å². The molecule has 0 radical (unpaired) electrons. The first-order valence-corrected chi connectivity index (χ1v) is 6.80. The number of halogens is 1. The van der Waals surface area contributed by atoms with E-state index in [2.05, 4.69) is 25.7 Å². The highest BCUT2D eigenvalue weighted by Crippen LogP contribution is 2.18. The van der Waals surface area contributed by atoms with Gasteiger partial charge in [-0.3, -0.25) is 0 Å². The molecule has 2 heterocycles. The highest BCUT2D eigenvalue weighted by atomic mass is 35.5. The van der Waals surface area contributed by atoms with Crippen LogP contribution in [-0.2, 0) is 6.54 Å². The lowest BCUT2D eigenvalue weighted by molar-refractivity contribution is 0.697. The number of nitrogens with zero attached hydrogens (tertiary/aromatic N) is 5. The fraction of sp³-hybridized carbons (Fsp3) is 0.143. The minimum atomic E-state index is 0.558. The smallest absolute Gasteiger partial charge is 0.205 e. The molecule has 3 rings (SSSR count). The molecule has 0 bridgehead atoms. The van der Waals surface area contributed by atoms with E-state index >= 15 is 0 Å². The quantitative estimate of drug-likeness (QED) is 0.799. The summed E-state index contributed by atoms with van der Waals surface area (Å²) in [4.78, 5) is 5.64. The van der Waals surface area contributed by atoms with Gasteiger partial charge < -0.3 is 5.32 Å². The molecule has 0 aliphatic heterocycles. The van der Waals surface area contributed by atoms with Gasteiger partial charge in [0.2, 0.25) is 5.82 Å². The van der Waals surface area contributed by atoms with Crippen LogP contribution in [0.25, 0.3) is 17.2 Å². The van der Waals surface area contributed by atoms with Crippen LogP contribution in [0.1, 0.15) is 5.56 Å². The predicted octanol–water partition coefficient (Wildman–Crippen LogP) is 2.10. The van der Waals surface area contributed by atoms with Crippen LogP contribution in [-0.4, -0.2) is 32.2 Å². The van der Waals surface area contributed by atoms with Gasteiger partial charge in [-0.25, -0.2) is 4.98 Å². The summed E-state index contributed by atoms with van der Waals surface area (Å²) in [6.07, 6.45) is 1.59. The van der Waals surface area contributed by atoms with Crippen LogP contribution in [0.5, 0.6) is 0 Å². The molecule has 0 spiro atoms. The Kier molecular flexibility index (Phi) is 3.89. The molecule has 1 N–H and O–H groups in total. The van der Waals surface area contributed by atoms with E-state index in [4.69, 9.17) is 11.6 Å².